The zero-order valence-corrected chi connectivity index (χ0v) is 14.6. The minimum atomic E-state index is 0. The summed E-state index contributed by atoms with van der Waals surface area (Å²) in [5.74, 6) is 0.586. The van der Waals surface area contributed by atoms with E-state index in [1.807, 2.05) is 35.1 Å². The van der Waals surface area contributed by atoms with Crippen molar-refractivity contribution in [3.63, 3.8) is 0 Å². The van der Waals surface area contributed by atoms with E-state index < -0.39 is 0 Å². The van der Waals surface area contributed by atoms with Gasteiger partial charge >= 0.3 is 0 Å². The fourth-order valence-electron chi connectivity index (χ4n) is 2.28. The third-order valence-corrected chi connectivity index (χ3v) is 3.44. The molecule has 0 amide bonds. The van der Waals surface area contributed by atoms with Crippen molar-refractivity contribution in [3.8, 4) is 5.69 Å². The molecule has 0 bridgehead atoms. The largest absolute Gasteiger partial charge is 0.378 e. The number of aromatic nitrogens is 2. The topological polar surface area (TPSA) is 68.7 Å². The summed E-state index contributed by atoms with van der Waals surface area (Å²) in [6.45, 7) is 3.61. The number of morpholine rings is 1. The number of hydrogen-bond donors (Lipinski definition) is 1. The molecular weight excluding hydrogens is 393 g/mol. The van der Waals surface area contributed by atoms with Gasteiger partial charge in [-0.05, 0) is 23.8 Å². The summed E-state index contributed by atoms with van der Waals surface area (Å²) >= 11 is 0. The average Bonchev–Trinajstić information content (AvgIpc) is 3.08. The first-order valence-corrected chi connectivity index (χ1v) is 7.04. The van der Waals surface area contributed by atoms with E-state index in [-0.39, 0.29) is 24.0 Å². The van der Waals surface area contributed by atoms with Crippen molar-refractivity contribution in [2.45, 2.75) is 6.54 Å². The lowest BCUT2D eigenvalue weighted by molar-refractivity contribution is 0.0674. The Hall–Kier alpha value is -1.61. The van der Waals surface area contributed by atoms with E-state index >= 15 is 0 Å². The molecule has 2 heterocycles. The minimum Gasteiger partial charge on any atom is -0.378 e. The summed E-state index contributed by atoms with van der Waals surface area (Å²) in [5, 5.41) is 4.23. The Kier molecular flexibility index (Phi) is 6.20. The van der Waals surface area contributed by atoms with Crippen LogP contribution < -0.4 is 5.73 Å². The predicted octanol–water partition coefficient (Wildman–Crippen LogP) is 1.64. The van der Waals surface area contributed by atoms with E-state index in [9.17, 15) is 0 Å². The number of hydrogen-bond acceptors (Lipinski definition) is 3. The van der Waals surface area contributed by atoms with Gasteiger partial charge in [-0.2, -0.15) is 5.10 Å². The Bertz CT molecular complexity index is 608. The standard InChI is InChI=1S/C15H19N5O.HI/c16-15(19-7-9-21-10-8-19)17-12-13-3-1-4-14(11-13)20-6-2-5-18-20;/h1-6,11H,7-10,12H2,(H2,16,17);1H. The van der Waals surface area contributed by atoms with Gasteiger partial charge in [-0.1, -0.05) is 12.1 Å². The number of halogens is 1. The molecule has 0 unspecified atom stereocenters. The number of nitrogens with zero attached hydrogens (tertiary/aromatic N) is 4. The fraction of sp³-hybridized carbons (Fsp3) is 0.333. The summed E-state index contributed by atoms with van der Waals surface area (Å²) in [6, 6.07) is 10.0. The molecule has 2 N–H and O–H groups in total. The molecule has 1 aliphatic heterocycles. The number of nitrogens with two attached hydrogens (primary N) is 1. The zero-order chi connectivity index (χ0) is 14.5. The Morgan fingerprint density at radius 1 is 1.27 bits per heavy atom. The molecule has 0 saturated carbocycles. The highest BCUT2D eigenvalue weighted by molar-refractivity contribution is 14.0. The number of benzene rings is 1. The molecule has 1 aliphatic rings. The second-order valence-electron chi connectivity index (χ2n) is 4.89. The van der Waals surface area contributed by atoms with Gasteiger partial charge < -0.3 is 15.4 Å². The van der Waals surface area contributed by atoms with Crippen molar-refractivity contribution < 1.29 is 4.74 Å². The highest BCUT2D eigenvalue weighted by atomic mass is 127. The van der Waals surface area contributed by atoms with Crippen LogP contribution in [-0.4, -0.2) is 46.9 Å². The van der Waals surface area contributed by atoms with Crippen molar-refractivity contribution in [3.05, 3.63) is 48.3 Å². The maximum absolute atomic E-state index is 6.03. The van der Waals surface area contributed by atoms with Crippen LogP contribution >= 0.6 is 24.0 Å². The number of rotatable bonds is 3. The maximum Gasteiger partial charge on any atom is 0.191 e. The van der Waals surface area contributed by atoms with Crippen LogP contribution in [0.15, 0.2) is 47.7 Å². The quantitative estimate of drug-likeness (QED) is 0.472. The Balaban J connectivity index is 0.00000176. The number of ether oxygens (including phenoxy) is 1. The molecule has 1 aromatic heterocycles. The predicted molar refractivity (Wildman–Crippen MR) is 96.7 cm³/mol. The van der Waals surface area contributed by atoms with E-state index in [0.717, 1.165) is 24.3 Å². The number of guanidine groups is 1. The Morgan fingerprint density at radius 2 is 2.09 bits per heavy atom. The van der Waals surface area contributed by atoms with Gasteiger partial charge in [-0.15, -0.1) is 24.0 Å². The summed E-state index contributed by atoms with van der Waals surface area (Å²) in [5.41, 5.74) is 8.17. The second kappa shape index (κ2) is 8.14. The lowest BCUT2D eigenvalue weighted by Gasteiger charge is -2.27. The summed E-state index contributed by atoms with van der Waals surface area (Å²) in [6.07, 6.45) is 3.69. The molecule has 1 aromatic carbocycles. The normalized spacial score (nSPS) is 15.5. The SMILES string of the molecule is I.NC(=NCc1cccc(-n2cccn2)c1)N1CCOCC1. The van der Waals surface area contributed by atoms with Crippen molar-refractivity contribution in [2.24, 2.45) is 10.7 Å². The van der Waals surface area contributed by atoms with Crippen LogP contribution in [0.2, 0.25) is 0 Å². The van der Waals surface area contributed by atoms with Crippen LogP contribution in [0.1, 0.15) is 5.56 Å². The summed E-state index contributed by atoms with van der Waals surface area (Å²) in [4.78, 5) is 6.53. The van der Waals surface area contributed by atoms with Crippen molar-refractivity contribution in [1.29, 1.82) is 0 Å². The molecule has 118 valence electrons. The molecule has 1 saturated heterocycles. The molecule has 0 radical (unpaired) electrons. The van der Waals surface area contributed by atoms with Crippen LogP contribution in [-0.2, 0) is 11.3 Å². The van der Waals surface area contributed by atoms with Crippen LogP contribution in [0.4, 0.5) is 0 Å². The monoisotopic (exact) mass is 413 g/mol. The van der Waals surface area contributed by atoms with Crippen LogP contribution in [0.3, 0.4) is 0 Å². The van der Waals surface area contributed by atoms with Gasteiger partial charge in [0.1, 0.15) is 0 Å². The number of aliphatic imine (C=N–C) groups is 1. The molecule has 2 aromatic rings. The lowest BCUT2D eigenvalue weighted by Crippen LogP contribution is -2.44. The molecule has 22 heavy (non-hydrogen) atoms. The fourth-order valence-corrected chi connectivity index (χ4v) is 2.28. The molecule has 1 fully saturated rings. The molecule has 0 atom stereocenters. The Morgan fingerprint density at radius 3 is 2.82 bits per heavy atom. The third kappa shape index (κ3) is 4.20. The van der Waals surface area contributed by atoms with Gasteiger partial charge in [-0.25, -0.2) is 9.67 Å². The van der Waals surface area contributed by atoms with Gasteiger partial charge in [0.05, 0.1) is 25.4 Å². The van der Waals surface area contributed by atoms with Gasteiger partial charge in [0.25, 0.3) is 0 Å². The summed E-state index contributed by atoms with van der Waals surface area (Å²) < 4.78 is 7.14. The zero-order valence-electron chi connectivity index (χ0n) is 12.3. The smallest absolute Gasteiger partial charge is 0.191 e. The van der Waals surface area contributed by atoms with Crippen molar-refractivity contribution >= 4 is 29.9 Å². The first-order valence-electron chi connectivity index (χ1n) is 7.04. The van der Waals surface area contributed by atoms with Crippen LogP contribution in [0.5, 0.6) is 0 Å². The molecule has 6 nitrogen and oxygen atoms in total. The first-order chi connectivity index (χ1) is 10.3. The Labute approximate surface area is 147 Å². The highest BCUT2D eigenvalue weighted by Crippen LogP contribution is 2.10. The lowest BCUT2D eigenvalue weighted by atomic mass is 10.2. The van der Waals surface area contributed by atoms with E-state index in [1.54, 1.807) is 6.20 Å². The third-order valence-electron chi connectivity index (χ3n) is 3.44. The van der Waals surface area contributed by atoms with Crippen LogP contribution in [0, 0.1) is 0 Å². The highest BCUT2D eigenvalue weighted by Gasteiger charge is 2.11. The van der Waals surface area contributed by atoms with E-state index in [0.29, 0.717) is 25.7 Å². The van der Waals surface area contributed by atoms with Gasteiger partial charge in [0.15, 0.2) is 5.96 Å². The van der Waals surface area contributed by atoms with Crippen LogP contribution in [0.25, 0.3) is 5.69 Å². The molecular formula is C15H20IN5O. The van der Waals surface area contributed by atoms with E-state index in [4.69, 9.17) is 10.5 Å². The van der Waals surface area contributed by atoms with E-state index in [2.05, 4.69) is 21.1 Å². The van der Waals surface area contributed by atoms with Gasteiger partial charge in [0.2, 0.25) is 0 Å². The molecule has 0 spiro atoms. The maximum atomic E-state index is 6.03. The van der Waals surface area contributed by atoms with Gasteiger partial charge in [-0.3, -0.25) is 0 Å². The second-order valence-corrected chi connectivity index (χ2v) is 4.89. The first kappa shape index (κ1) is 16.8. The molecule has 0 aliphatic carbocycles. The minimum absolute atomic E-state index is 0. The van der Waals surface area contributed by atoms with Crippen molar-refractivity contribution in [1.82, 2.24) is 14.7 Å². The van der Waals surface area contributed by atoms with Gasteiger partial charge in [0, 0.05) is 25.5 Å². The average molecular weight is 413 g/mol. The van der Waals surface area contributed by atoms with Crippen molar-refractivity contribution in [2.75, 3.05) is 26.3 Å². The summed E-state index contributed by atoms with van der Waals surface area (Å²) in [7, 11) is 0. The molecule has 7 heteroatoms. The van der Waals surface area contributed by atoms with E-state index in [1.165, 1.54) is 0 Å². The molecule has 3 rings (SSSR count).